The summed E-state index contributed by atoms with van der Waals surface area (Å²) in [4.78, 5) is 23.9. The van der Waals surface area contributed by atoms with Crippen LogP contribution in [0.2, 0.25) is 5.02 Å². The molecule has 10 heteroatoms. The number of aryl methyl sites for hydroxylation is 1. The van der Waals surface area contributed by atoms with Gasteiger partial charge in [-0.2, -0.15) is 10.1 Å². The van der Waals surface area contributed by atoms with Crippen LogP contribution >= 0.6 is 11.6 Å². The number of nitrogens with two attached hydrogens (primary N) is 1. The van der Waals surface area contributed by atoms with Gasteiger partial charge in [0.05, 0.1) is 28.2 Å². The maximum absolute atomic E-state index is 13.6. The highest BCUT2D eigenvalue weighted by molar-refractivity contribution is 6.38. The average molecular weight is 468 g/mol. The van der Waals surface area contributed by atoms with Crippen molar-refractivity contribution in [1.82, 2.24) is 24.3 Å². The molecule has 6 rings (SSSR count). The number of aromatic amines is 1. The van der Waals surface area contributed by atoms with Gasteiger partial charge in [-0.05, 0) is 32.3 Å². The summed E-state index contributed by atoms with van der Waals surface area (Å²) in [7, 11) is 1.77. The highest BCUT2D eigenvalue weighted by Gasteiger charge is 2.46. The lowest BCUT2D eigenvalue weighted by molar-refractivity contribution is 0.270. The Morgan fingerprint density at radius 1 is 1.27 bits per heavy atom. The van der Waals surface area contributed by atoms with E-state index in [1.807, 2.05) is 19.1 Å². The van der Waals surface area contributed by atoms with E-state index in [1.165, 1.54) is 0 Å². The SMILES string of the molecule is CCn1nc2ccc(-c3c[nH]c4nc(N5C6CCC5[C@H](N)C6)n(C)c(=O)c34)c(Cl)c2c1CO. The summed E-state index contributed by atoms with van der Waals surface area (Å²) >= 11 is 6.85. The Morgan fingerprint density at radius 2 is 2.09 bits per heavy atom. The number of benzene rings is 1. The van der Waals surface area contributed by atoms with Gasteiger partial charge >= 0.3 is 0 Å². The van der Waals surface area contributed by atoms with Gasteiger partial charge in [-0.25, -0.2) is 0 Å². The molecule has 2 aliphatic heterocycles. The molecule has 0 saturated carbocycles. The molecule has 2 bridgehead atoms. The smallest absolute Gasteiger partial charge is 0.264 e. The van der Waals surface area contributed by atoms with Gasteiger partial charge in [-0.15, -0.1) is 0 Å². The Labute approximate surface area is 194 Å². The van der Waals surface area contributed by atoms with Crippen LogP contribution in [0, 0.1) is 0 Å². The van der Waals surface area contributed by atoms with Crippen LogP contribution in [0.4, 0.5) is 5.95 Å². The quantitative estimate of drug-likeness (QED) is 0.424. The number of fused-ring (bicyclic) bond motifs is 4. The molecule has 5 heterocycles. The summed E-state index contributed by atoms with van der Waals surface area (Å²) in [5, 5.41) is 16.1. The Kier molecular flexibility index (Phi) is 4.59. The largest absolute Gasteiger partial charge is 0.390 e. The Hall–Kier alpha value is -2.88. The van der Waals surface area contributed by atoms with Gasteiger partial charge in [0, 0.05) is 54.4 Å². The third kappa shape index (κ3) is 2.76. The molecule has 3 atom stereocenters. The lowest BCUT2D eigenvalue weighted by atomic mass is 9.97. The van der Waals surface area contributed by atoms with Crippen LogP contribution in [0.25, 0.3) is 33.1 Å². The summed E-state index contributed by atoms with van der Waals surface area (Å²) in [6.07, 6.45) is 4.83. The second kappa shape index (κ2) is 7.31. The zero-order valence-electron chi connectivity index (χ0n) is 18.5. The van der Waals surface area contributed by atoms with Crippen LogP contribution in [0.3, 0.4) is 0 Å². The molecule has 0 spiro atoms. The van der Waals surface area contributed by atoms with E-state index in [0.29, 0.717) is 62.3 Å². The summed E-state index contributed by atoms with van der Waals surface area (Å²) in [6, 6.07) is 4.42. The van der Waals surface area contributed by atoms with E-state index in [9.17, 15) is 9.90 Å². The molecule has 9 nitrogen and oxygen atoms in total. The number of aliphatic hydroxyl groups is 1. The predicted octanol–water partition coefficient (Wildman–Crippen LogP) is 2.51. The molecule has 2 saturated heterocycles. The number of H-pyrrole nitrogens is 1. The van der Waals surface area contributed by atoms with Crippen LogP contribution in [0.1, 0.15) is 31.9 Å². The van der Waals surface area contributed by atoms with E-state index in [1.54, 1.807) is 22.5 Å². The van der Waals surface area contributed by atoms with Crippen LogP contribution in [0.5, 0.6) is 0 Å². The Balaban J connectivity index is 1.54. The molecule has 2 unspecified atom stereocenters. The first-order chi connectivity index (χ1) is 15.9. The number of halogens is 1. The normalized spacial score (nSPS) is 22.3. The third-order valence-electron chi connectivity index (χ3n) is 7.39. The summed E-state index contributed by atoms with van der Waals surface area (Å²) < 4.78 is 3.38. The molecule has 1 aromatic carbocycles. The van der Waals surface area contributed by atoms with E-state index < -0.39 is 0 Å². The number of aliphatic hydroxyl groups excluding tert-OH is 1. The van der Waals surface area contributed by atoms with Gasteiger partial charge in [0.1, 0.15) is 5.65 Å². The predicted molar refractivity (Wildman–Crippen MR) is 129 cm³/mol. The Morgan fingerprint density at radius 3 is 2.76 bits per heavy atom. The summed E-state index contributed by atoms with van der Waals surface area (Å²) in [5.41, 5.74) is 9.49. The minimum atomic E-state index is -0.172. The number of aromatic nitrogens is 5. The van der Waals surface area contributed by atoms with Crippen molar-refractivity contribution >= 4 is 39.5 Å². The Bertz CT molecular complexity index is 1470. The molecule has 4 aromatic rings. The van der Waals surface area contributed by atoms with Crippen molar-refractivity contribution < 1.29 is 5.11 Å². The molecule has 2 fully saturated rings. The van der Waals surface area contributed by atoms with Crippen LogP contribution in [-0.2, 0) is 20.2 Å². The lowest BCUT2D eigenvalue weighted by Gasteiger charge is -2.25. The lowest BCUT2D eigenvalue weighted by Crippen LogP contribution is -2.40. The second-order valence-electron chi connectivity index (χ2n) is 9.05. The molecular formula is C23H26ClN7O2. The highest BCUT2D eigenvalue weighted by atomic mass is 35.5. The number of hydrogen-bond donors (Lipinski definition) is 3. The monoisotopic (exact) mass is 467 g/mol. The van der Waals surface area contributed by atoms with Gasteiger partial charge in [0.2, 0.25) is 5.95 Å². The van der Waals surface area contributed by atoms with E-state index in [-0.39, 0.29) is 24.2 Å². The van der Waals surface area contributed by atoms with E-state index in [2.05, 4.69) is 15.0 Å². The molecule has 172 valence electrons. The number of nitrogens with zero attached hydrogens (tertiary/aromatic N) is 5. The average Bonchev–Trinajstić information content (AvgIpc) is 3.56. The van der Waals surface area contributed by atoms with Gasteiger partial charge in [-0.1, -0.05) is 17.7 Å². The molecule has 2 aliphatic rings. The van der Waals surface area contributed by atoms with Crippen molar-refractivity contribution in [3.05, 3.63) is 39.4 Å². The molecule has 4 N–H and O–H groups in total. The number of hydrogen-bond acceptors (Lipinski definition) is 6. The van der Waals surface area contributed by atoms with Crippen LogP contribution in [0.15, 0.2) is 23.1 Å². The van der Waals surface area contributed by atoms with E-state index in [0.717, 1.165) is 19.3 Å². The van der Waals surface area contributed by atoms with Crippen molar-refractivity contribution in [2.75, 3.05) is 4.90 Å². The summed E-state index contributed by atoms with van der Waals surface area (Å²) in [5.74, 6) is 0.662. The number of nitrogens with one attached hydrogen (secondary N) is 1. The van der Waals surface area contributed by atoms with Crippen molar-refractivity contribution in [1.29, 1.82) is 0 Å². The number of anilines is 1. The van der Waals surface area contributed by atoms with E-state index >= 15 is 0 Å². The fourth-order valence-corrected chi connectivity index (χ4v) is 6.18. The van der Waals surface area contributed by atoms with Crippen LogP contribution < -0.4 is 16.2 Å². The van der Waals surface area contributed by atoms with Crippen molar-refractivity contribution in [2.24, 2.45) is 12.8 Å². The maximum atomic E-state index is 13.6. The zero-order valence-corrected chi connectivity index (χ0v) is 19.3. The third-order valence-corrected chi connectivity index (χ3v) is 7.79. The van der Waals surface area contributed by atoms with Crippen molar-refractivity contribution in [3.8, 4) is 11.1 Å². The standard InChI is InChI=1S/C23H26ClN7O2/c1-3-30-17(10-32)19-15(28-30)6-5-12(20(19)24)13-9-26-21-18(13)22(33)29(2)23(27-21)31-11-4-7-16(31)14(25)8-11/h5-6,9,11,14,16,26,32H,3-4,7-8,10,25H2,1-2H3/t11?,14-,16?/m1/s1. The van der Waals surface area contributed by atoms with Crippen molar-refractivity contribution in [3.63, 3.8) is 0 Å². The maximum Gasteiger partial charge on any atom is 0.264 e. The topological polar surface area (TPSA) is 118 Å². The first-order valence-electron chi connectivity index (χ1n) is 11.4. The molecule has 0 amide bonds. The summed E-state index contributed by atoms with van der Waals surface area (Å²) in [6.45, 7) is 2.42. The van der Waals surface area contributed by atoms with Crippen molar-refractivity contribution in [2.45, 2.75) is 57.5 Å². The second-order valence-corrected chi connectivity index (χ2v) is 9.43. The zero-order chi connectivity index (χ0) is 23.0. The fraction of sp³-hybridized carbons (Fsp3) is 0.435. The number of rotatable bonds is 4. The molecule has 0 aliphatic carbocycles. The highest BCUT2D eigenvalue weighted by Crippen LogP contribution is 2.41. The van der Waals surface area contributed by atoms with Gasteiger partial charge < -0.3 is 20.7 Å². The first kappa shape index (κ1) is 20.7. The first-order valence-corrected chi connectivity index (χ1v) is 11.7. The van der Waals surface area contributed by atoms with Crippen LogP contribution in [-0.4, -0.2) is 47.5 Å². The molecule has 3 aromatic heterocycles. The van der Waals surface area contributed by atoms with Gasteiger partial charge in [0.25, 0.3) is 5.56 Å². The van der Waals surface area contributed by atoms with E-state index in [4.69, 9.17) is 22.3 Å². The molecule has 0 radical (unpaired) electrons. The fourth-order valence-electron chi connectivity index (χ4n) is 5.81. The minimum Gasteiger partial charge on any atom is -0.390 e. The molecule has 33 heavy (non-hydrogen) atoms. The van der Waals surface area contributed by atoms with Gasteiger partial charge in [-0.3, -0.25) is 14.0 Å². The van der Waals surface area contributed by atoms with Gasteiger partial charge in [0.15, 0.2) is 0 Å². The minimum absolute atomic E-state index is 0.117. The molecular weight excluding hydrogens is 442 g/mol.